The van der Waals surface area contributed by atoms with Gasteiger partial charge in [0.15, 0.2) is 5.78 Å². The van der Waals surface area contributed by atoms with E-state index in [9.17, 15) is 9.59 Å². The summed E-state index contributed by atoms with van der Waals surface area (Å²) < 4.78 is 0.410. The van der Waals surface area contributed by atoms with Crippen LogP contribution in [0.5, 0.6) is 0 Å². The van der Waals surface area contributed by atoms with E-state index in [0.29, 0.717) is 10.2 Å². The Morgan fingerprint density at radius 2 is 2.17 bits per heavy atom. The quantitative estimate of drug-likeness (QED) is 0.762. The fraction of sp³-hybridized carbons (Fsp3) is 0.143. The van der Waals surface area contributed by atoms with Gasteiger partial charge in [-0.1, -0.05) is 0 Å². The van der Waals surface area contributed by atoms with E-state index in [2.05, 4.69) is 20.9 Å². The second-order valence-electron chi connectivity index (χ2n) is 2.27. The second kappa shape index (κ2) is 3.10. The summed E-state index contributed by atoms with van der Waals surface area (Å²) in [5.41, 5.74) is 0.361. The highest BCUT2D eigenvalue weighted by atomic mass is 79.9. The zero-order valence-electron chi connectivity index (χ0n) is 6.22. The third kappa shape index (κ3) is 1.55. The van der Waals surface area contributed by atoms with Crippen LogP contribution in [-0.2, 0) is 0 Å². The number of hydrogen-bond donors (Lipinski definition) is 2. The van der Waals surface area contributed by atoms with Crippen LogP contribution in [-0.4, -0.2) is 21.8 Å². The summed E-state index contributed by atoms with van der Waals surface area (Å²) >= 11 is 3.05. The highest BCUT2D eigenvalue weighted by Crippen LogP contribution is 2.17. The van der Waals surface area contributed by atoms with E-state index in [1.165, 1.54) is 13.0 Å². The van der Waals surface area contributed by atoms with Crippen molar-refractivity contribution in [2.45, 2.75) is 6.92 Å². The number of carbonyl (C=O) groups excluding carboxylic acids is 1. The number of aromatic amines is 1. The third-order valence-electron chi connectivity index (χ3n) is 1.38. The Hall–Kier alpha value is -1.10. The largest absolute Gasteiger partial charge is 0.477 e. The summed E-state index contributed by atoms with van der Waals surface area (Å²) in [5, 5.41) is 8.54. The van der Waals surface area contributed by atoms with Gasteiger partial charge in [0, 0.05) is 0 Å². The van der Waals surface area contributed by atoms with Crippen LogP contribution in [0.2, 0.25) is 0 Å². The Morgan fingerprint density at radius 3 is 2.42 bits per heavy atom. The Bertz CT molecular complexity index is 342. The summed E-state index contributed by atoms with van der Waals surface area (Å²) in [6.45, 7) is 1.37. The number of carboxylic acid groups (broad SMARTS) is 1. The van der Waals surface area contributed by atoms with Crippen LogP contribution < -0.4 is 0 Å². The minimum atomic E-state index is -1.08. The molecule has 5 heteroatoms. The number of H-pyrrole nitrogens is 1. The number of carbonyl (C=O) groups is 2. The fourth-order valence-electron chi connectivity index (χ4n) is 0.801. The average molecular weight is 232 g/mol. The first-order valence-corrected chi connectivity index (χ1v) is 3.94. The van der Waals surface area contributed by atoms with Crippen molar-refractivity contribution in [3.8, 4) is 0 Å². The standard InChI is InChI=1S/C7H6BrNO3/c1-3(10)4-2-5(7(11)12)9-6(4)8/h2,9H,1H3,(H,11,12). The molecular weight excluding hydrogens is 226 g/mol. The van der Waals surface area contributed by atoms with E-state index in [-0.39, 0.29) is 11.5 Å². The van der Waals surface area contributed by atoms with Crippen molar-refractivity contribution in [1.82, 2.24) is 4.98 Å². The van der Waals surface area contributed by atoms with Crippen molar-refractivity contribution in [3.63, 3.8) is 0 Å². The fourth-order valence-corrected chi connectivity index (χ4v) is 1.41. The Kier molecular flexibility index (Phi) is 2.32. The molecule has 0 aromatic carbocycles. The zero-order valence-corrected chi connectivity index (χ0v) is 7.81. The molecule has 0 aliphatic rings. The van der Waals surface area contributed by atoms with Gasteiger partial charge in [-0.15, -0.1) is 0 Å². The van der Waals surface area contributed by atoms with Gasteiger partial charge in [-0.25, -0.2) is 4.79 Å². The van der Waals surface area contributed by atoms with Gasteiger partial charge < -0.3 is 10.1 Å². The van der Waals surface area contributed by atoms with Gasteiger partial charge in [0.05, 0.1) is 10.2 Å². The van der Waals surface area contributed by atoms with Gasteiger partial charge in [-0.05, 0) is 28.9 Å². The Balaban J connectivity index is 3.17. The molecule has 0 bridgehead atoms. The molecule has 0 unspecified atom stereocenters. The number of halogens is 1. The monoisotopic (exact) mass is 231 g/mol. The van der Waals surface area contributed by atoms with Gasteiger partial charge in [-0.3, -0.25) is 4.79 Å². The number of hydrogen-bond acceptors (Lipinski definition) is 2. The van der Waals surface area contributed by atoms with Crippen molar-refractivity contribution in [3.05, 3.63) is 21.9 Å². The predicted octanol–water partition coefficient (Wildman–Crippen LogP) is 1.68. The maximum absolute atomic E-state index is 10.9. The molecule has 0 aliphatic heterocycles. The molecule has 1 heterocycles. The first kappa shape index (κ1) is 8.99. The lowest BCUT2D eigenvalue weighted by Gasteiger charge is -1.86. The number of aromatic nitrogens is 1. The van der Waals surface area contributed by atoms with Crippen molar-refractivity contribution in [2.24, 2.45) is 0 Å². The van der Waals surface area contributed by atoms with Gasteiger partial charge in [-0.2, -0.15) is 0 Å². The van der Waals surface area contributed by atoms with Gasteiger partial charge >= 0.3 is 5.97 Å². The summed E-state index contributed by atoms with van der Waals surface area (Å²) in [7, 11) is 0. The van der Waals surface area contributed by atoms with Crippen LogP contribution in [0.15, 0.2) is 10.7 Å². The van der Waals surface area contributed by atoms with Crippen molar-refractivity contribution in [2.75, 3.05) is 0 Å². The highest BCUT2D eigenvalue weighted by Gasteiger charge is 2.13. The molecule has 0 aliphatic carbocycles. The minimum Gasteiger partial charge on any atom is -0.477 e. The summed E-state index contributed by atoms with van der Waals surface area (Å²) in [6, 6.07) is 1.30. The van der Waals surface area contributed by atoms with Gasteiger partial charge in [0.2, 0.25) is 0 Å². The van der Waals surface area contributed by atoms with Crippen molar-refractivity contribution in [1.29, 1.82) is 0 Å². The van der Waals surface area contributed by atoms with E-state index in [4.69, 9.17) is 5.11 Å². The molecule has 0 atom stereocenters. The number of Topliss-reactive ketones (excluding diaryl/α,β-unsaturated/α-hetero) is 1. The smallest absolute Gasteiger partial charge is 0.352 e. The molecule has 0 fully saturated rings. The molecule has 1 aromatic heterocycles. The van der Waals surface area contributed by atoms with E-state index < -0.39 is 5.97 Å². The number of nitrogens with one attached hydrogen (secondary N) is 1. The molecule has 64 valence electrons. The normalized spacial score (nSPS) is 9.83. The molecule has 12 heavy (non-hydrogen) atoms. The van der Waals surface area contributed by atoms with E-state index >= 15 is 0 Å². The van der Waals surface area contributed by atoms with Crippen LogP contribution in [0.25, 0.3) is 0 Å². The molecule has 0 radical (unpaired) electrons. The number of aromatic carboxylic acids is 1. The Labute approximate surface area is 76.7 Å². The van der Waals surface area contributed by atoms with Crippen LogP contribution in [0.3, 0.4) is 0 Å². The second-order valence-corrected chi connectivity index (χ2v) is 3.07. The maximum atomic E-state index is 10.9. The van der Waals surface area contributed by atoms with Crippen LogP contribution in [0, 0.1) is 0 Å². The maximum Gasteiger partial charge on any atom is 0.352 e. The van der Waals surface area contributed by atoms with E-state index in [1.54, 1.807) is 0 Å². The SMILES string of the molecule is CC(=O)c1cc(C(=O)O)[nH]c1Br. The zero-order chi connectivity index (χ0) is 9.30. The summed E-state index contributed by atoms with van der Waals surface area (Å²) in [4.78, 5) is 23.8. The predicted molar refractivity (Wildman–Crippen MR) is 45.5 cm³/mol. The van der Waals surface area contributed by atoms with Crippen molar-refractivity contribution >= 4 is 27.7 Å². The van der Waals surface area contributed by atoms with E-state index in [1.807, 2.05) is 0 Å². The van der Waals surface area contributed by atoms with Gasteiger partial charge in [0.25, 0.3) is 0 Å². The minimum absolute atomic E-state index is 0.00655. The summed E-state index contributed by atoms with van der Waals surface area (Å²) in [5.74, 6) is -1.26. The number of ketones is 1. The first-order chi connectivity index (χ1) is 5.52. The van der Waals surface area contributed by atoms with Gasteiger partial charge in [0.1, 0.15) is 5.69 Å². The molecule has 4 nitrogen and oxygen atoms in total. The topological polar surface area (TPSA) is 70.2 Å². The Morgan fingerprint density at radius 1 is 1.58 bits per heavy atom. The lowest BCUT2D eigenvalue weighted by atomic mass is 10.2. The van der Waals surface area contributed by atoms with Crippen LogP contribution in [0.1, 0.15) is 27.8 Å². The lowest BCUT2D eigenvalue weighted by molar-refractivity contribution is 0.0691. The van der Waals surface area contributed by atoms with Crippen LogP contribution >= 0.6 is 15.9 Å². The van der Waals surface area contributed by atoms with Crippen LogP contribution in [0.4, 0.5) is 0 Å². The molecule has 0 saturated heterocycles. The number of carboxylic acids is 1. The van der Waals surface area contributed by atoms with Crippen molar-refractivity contribution < 1.29 is 14.7 Å². The molecule has 0 spiro atoms. The molecule has 1 rings (SSSR count). The van der Waals surface area contributed by atoms with E-state index in [0.717, 1.165) is 0 Å². The first-order valence-electron chi connectivity index (χ1n) is 3.15. The molecule has 1 aromatic rings. The lowest BCUT2D eigenvalue weighted by Crippen LogP contribution is -1.95. The highest BCUT2D eigenvalue weighted by molar-refractivity contribution is 9.10. The molecule has 0 saturated carbocycles. The number of rotatable bonds is 2. The molecular formula is C7H6BrNO3. The summed E-state index contributed by atoms with van der Waals surface area (Å²) in [6.07, 6.45) is 0. The average Bonchev–Trinajstić information content (AvgIpc) is 2.30. The molecule has 2 N–H and O–H groups in total. The molecule has 0 amide bonds. The third-order valence-corrected chi connectivity index (χ3v) is 2.00.